The second kappa shape index (κ2) is 7.14. The standard InChI is InChI=1S/C15H24N2O3/c1-10(16-11(2)15(18)17(3)4)13-8-7-12(19-5)9-14(13)20-6/h7-11,16H,1-6H3. The Hall–Kier alpha value is -1.75. The molecule has 5 heteroatoms. The maximum absolute atomic E-state index is 11.9. The maximum atomic E-state index is 11.9. The van der Waals surface area contributed by atoms with E-state index in [1.165, 1.54) is 0 Å². The summed E-state index contributed by atoms with van der Waals surface area (Å²) < 4.78 is 10.6. The van der Waals surface area contributed by atoms with E-state index in [1.807, 2.05) is 32.0 Å². The first-order valence-corrected chi connectivity index (χ1v) is 6.59. The van der Waals surface area contributed by atoms with E-state index in [0.717, 1.165) is 17.1 Å². The summed E-state index contributed by atoms with van der Waals surface area (Å²) >= 11 is 0. The summed E-state index contributed by atoms with van der Waals surface area (Å²) in [6.45, 7) is 3.86. The third-order valence-electron chi connectivity index (χ3n) is 3.22. The van der Waals surface area contributed by atoms with Crippen molar-refractivity contribution in [3.05, 3.63) is 23.8 Å². The van der Waals surface area contributed by atoms with Gasteiger partial charge in [0.1, 0.15) is 11.5 Å². The molecule has 5 nitrogen and oxygen atoms in total. The molecule has 0 aliphatic rings. The largest absolute Gasteiger partial charge is 0.497 e. The number of nitrogens with one attached hydrogen (secondary N) is 1. The number of rotatable bonds is 6. The van der Waals surface area contributed by atoms with Crippen molar-refractivity contribution in [1.82, 2.24) is 10.2 Å². The summed E-state index contributed by atoms with van der Waals surface area (Å²) in [6, 6.07) is 5.41. The molecule has 1 aromatic rings. The summed E-state index contributed by atoms with van der Waals surface area (Å²) in [4.78, 5) is 13.5. The molecule has 112 valence electrons. The average Bonchev–Trinajstić information content (AvgIpc) is 2.45. The molecule has 0 spiro atoms. The summed E-state index contributed by atoms with van der Waals surface area (Å²) in [5.74, 6) is 1.54. The van der Waals surface area contributed by atoms with Gasteiger partial charge in [0.25, 0.3) is 0 Å². The van der Waals surface area contributed by atoms with Crippen LogP contribution in [0.4, 0.5) is 0 Å². The molecule has 1 amide bonds. The number of nitrogens with zero attached hydrogens (tertiary/aromatic N) is 1. The van der Waals surface area contributed by atoms with E-state index < -0.39 is 0 Å². The highest BCUT2D eigenvalue weighted by atomic mass is 16.5. The van der Waals surface area contributed by atoms with Crippen molar-refractivity contribution in [2.24, 2.45) is 0 Å². The Morgan fingerprint density at radius 1 is 1.20 bits per heavy atom. The zero-order valence-electron chi connectivity index (χ0n) is 13.1. The molecule has 1 aromatic carbocycles. The molecular formula is C15H24N2O3. The van der Waals surface area contributed by atoms with Crippen LogP contribution in [0.3, 0.4) is 0 Å². The second-order valence-electron chi connectivity index (χ2n) is 4.95. The number of methoxy groups -OCH3 is 2. The van der Waals surface area contributed by atoms with Gasteiger partial charge in [-0.3, -0.25) is 10.1 Å². The lowest BCUT2D eigenvalue weighted by Crippen LogP contribution is -2.42. The molecule has 0 saturated heterocycles. The quantitative estimate of drug-likeness (QED) is 0.864. The molecule has 0 radical (unpaired) electrons. The lowest BCUT2D eigenvalue weighted by Gasteiger charge is -2.23. The fourth-order valence-electron chi connectivity index (χ4n) is 2.10. The third kappa shape index (κ3) is 3.87. The van der Waals surface area contributed by atoms with Crippen LogP contribution >= 0.6 is 0 Å². The molecular weight excluding hydrogens is 256 g/mol. The minimum atomic E-state index is -0.258. The first-order chi connectivity index (χ1) is 9.40. The molecule has 2 unspecified atom stereocenters. The summed E-state index contributed by atoms with van der Waals surface area (Å²) in [7, 11) is 6.74. The van der Waals surface area contributed by atoms with Gasteiger partial charge in [0.2, 0.25) is 5.91 Å². The zero-order chi connectivity index (χ0) is 15.3. The SMILES string of the molecule is COc1ccc(C(C)NC(C)C(=O)N(C)C)c(OC)c1. The van der Waals surface area contributed by atoms with Crippen LogP contribution in [0.5, 0.6) is 11.5 Å². The first kappa shape index (κ1) is 16.3. The fraction of sp³-hybridized carbons (Fsp3) is 0.533. The van der Waals surface area contributed by atoms with Crippen LogP contribution in [-0.4, -0.2) is 45.2 Å². The fourth-order valence-corrected chi connectivity index (χ4v) is 2.10. The number of benzene rings is 1. The molecule has 0 heterocycles. The lowest BCUT2D eigenvalue weighted by molar-refractivity contribution is -0.130. The van der Waals surface area contributed by atoms with Crippen molar-refractivity contribution >= 4 is 5.91 Å². The molecule has 0 aliphatic heterocycles. The minimum absolute atomic E-state index is 0.00486. The van der Waals surface area contributed by atoms with Crippen molar-refractivity contribution in [3.63, 3.8) is 0 Å². The van der Waals surface area contributed by atoms with Crippen molar-refractivity contribution in [3.8, 4) is 11.5 Å². The van der Waals surface area contributed by atoms with Crippen molar-refractivity contribution in [2.45, 2.75) is 25.9 Å². The predicted molar refractivity (Wildman–Crippen MR) is 79.3 cm³/mol. The van der Waals surface area contributed by atoms with E-state index >= 15 is 0 Å². The van der Waals surface area contributed by atoms with Gasteiger partial charge in [0.05, 0.1) is 20.3 Å². The maximum Gasteiger partial charge on any atom is 0.238 e. The molecule has 2 atom stereocenters. The van der Waals surface area contributed by atoms with Gasteiger partial charge in [-0.1, -0.05) is 6.07 Å². The Morgan fingerprint density at radius 3 is 2.35 bits per heavy atom. The van der Waals surface area contributed by atoms with Crippen LogP contribution in [0.2, 0.25) is 0 Å². The van der Waals surface area contributed by atoms with Gasteiger partial charge in [-0.05, 0) is 19.9 Å². The van der Waals surface area contributed by atoms with Crippen molar-refractivity contribution in [1.29, 1.82) is 0 Å². The van der Waals surface area contributed by atoms with Crippen LogP contribution in [0.1, 0.15) is 25.5 Å². The Balaban J connectivity index is 2.86. The van der Waals surface area contributed by atoms with Gasteiger partial charge >= 0.3 is 0 Å². The number of hydrogen-bond donors (Lipinski definition) is 1. The van der Waals surface area contributed by atoms with Gasteiger partial charge in [-0.15, -0.1) is 0 Å². The van der Waals surface area contributed by atoms with Gasteiger partial charge in [-0.2, -0.15) is 0 Å². The highest BCUT2D eigenvalue weighted by Crippen LogP contribution is 2.29. The van der Waals surface area contributed by atoms with Crippen LogP contribution < -0.4 is 14.8 Å². The molecule has 0 aromatic heterocycles. The smallest absolute Gasteiger partial charge is 0.238 e. The van der Waals surface area contributed by atoms with Gasteiger partial charge < -0.3 is 14.4 Å². The van der Waals surface area contributed by atoms with E-state index in [4.69, 9.17) is 9.47 Å². The number of amides is 1. The van der Waals surface area contributed by atoms with Crippen LogP contribution in [0.25, 0.3) is 0 Å². The van der Waals surface area contributed by atoms with Crippen molar-refractivity contribution in [2.75, 3.05) is 28.3 Å². The van der Waals surface area contributed by atoms with Gasteiger partial charge in [-0.25, -0.2) is 0 Å². The van der Waals surface area contributed by atoms with E-state index in [1.54, 1.807) is 33.2 Å². The predicted octanol–water partition coefficient (Wildman–Crippen LogP) is 1.83. The van der Waals surface area contributed by atoms with Crippen LogP contribution in [0.15, 0.2) is 18.2 Å². The first-order valence-electron chi connectivity index (χ1n) is 6.59. The summed E-state index contributed by atoms with van der Waals surface area (Å²) in [6.07, 6.45) is 0. The highest BCUT2D eigenvalue weighted by molar-refractivity contribution is 5.81. The van der Waals surface area contributed by atoms with Crippen LogP contribution in [0, 0.1) is 0 Å². The Morgan fingerprint density at radius 2 is 1.85 bits per heavy atom. The molecule has 1 N–H and O–H groups in total. The molecule has 0 bridgehead atoms. The monoisotopic (exact) mass is 280 g/mol. The Labute approximate surface area is 120 Å². The minimum Gasteiger partial charge on any atom is -0.497 e. The average molecular weight is 280 g/mol. The molecule has 0 fully saturated rings. The lowest BCUT2D eigenvalue weighted by atomic mass is 10.1. The number of carbonyl (C=O) groups excluding carboxylic acids is 1. The molecule has 20 heavy (non-hydrogen) atoms. The Kier molecular flexibility index (Phi) is 5.82. The normalized spacial score (nSPS) is 13.5. The van der Waals surface area contributed by atoms with Gasteiger partial charge in [0.15, 0.2) is 0 Å². The number of ether oxygens (including phenoxy) is 2. The Bertz CT molecular complexity index is 460. The number of hydrogen-bond acceptors (Lipinski definition) is 4. The van der Waals surface area contributed by atoms with E-state index in [0.29, 0.717) is 0 Å². The molecule has 1 rings (SSSR count). The summed E-state index contributed by atoms with van der Waals surface area (Å²) in [5.41, 5.74) is 0.992. The third-order valence-corrected chi connectivity index (χ3v) is 3.22. The van der Waals surface area contributed by atoms with E-state index in [2.05, 4.69) is 5.32 Å². The zero-order valence-corrected chi connectivity index (χ0v) is 13.1. The van der Waals surface area contributed by atoms with Crippen LogP contribution in [-0.2, 0) is 4.79 Å². The number of likely N-dealkylation sites (N-methyl/N-ethyl adjacent to an activating group) is 1. The summed E-state index contributed by atoms with van der Waals surface area (Å²) in [5, 5.41) is 3.28. The molecule has 0 aliphatic carbocycles. The van der Waals surface area contributed by atoms with E-state index in [9.17, 15) is 4.79 Å². The topological polar surface area (TPSA) is 50.8 Å². The second-order valence-corrected chi connectivity index (χ2v) is 4.95. The number of carbonyl (C=O) groups is 1. The van der Waals surface area contributed by atoms with E-state index in [-0.39, 0.29) is 18.0 Å². The highest BCUT2D eigenvalue weighted by Gasteiger charge is 2.19. The molecule has 0 saturated carbocycles. The van der Waals surface area contributed by atoms with Gasteiger partial charge in [0, 0.05) is 31.8 Å². The van der Waals surface area contributed by atoms with Crippen molar-refractivity contribution < 1.29 is 14.3 Å².